The van der Waals surface area contributed by atoms with Gasteiger partial charge in [0.1, 0.15) is 0 Å². The molecule has 0 bridgehead atoms. The van der Waals surface area contributed by atoms with Crippen LogP contribution in [-0.4, -0.2) is 12.7 Å². The third-order valence-electron chi connectivity index (χ3n) is 2.79. The molecule has 1 aromatic carbocycles. The van der Waals surface area contributed by atoms with E-state index in [9.17, 15) is 13.2 Å². The average Bonchev–Trinajstić information content (AvgIpc) is 2.30. The van der Waals surface area contributed by atoms with Crippen molar-refractivity contribution >= 4 is 23.2 Å². The lowest BCUT2D eigenvalue weighted by Gasteiger charge is -2.16. The first-order valence-corrected chi connectivity index (χ1v) is 6.81. The molecule has 0 radical (unpaired) electrons. The number of hydrogen-bond donors (Lipinski definition) is 1. The lowest BCUT2D eigenvalue weighted by molar-refractivity contribution is -0.135. The summed E-state index contributed by atoms with van der Waals surface area (Å²) in [5, 5.41) is 4.11. The second-order valence-corrected chi connectivity index (χ2v) is 5.18. The van der Waals surface area contributed by atoms with Crippen molar-refractivity contribution in [2.24, 2.45) is 0 Å². The first-order valence-electron chi connectivity index (χ1n) is 6.05. The summed E-state index contributed by atoms with van der Waals surface area (Å²) >= 11 is 12.0. The molecule has 0 heterocycles. The molecule has 1 N–H and O–H groups in total. The van der Waals surface area contributed by atoms with E-state index >= 15 is 0 Å². The van der Waals surface area contributed by atoms with Gasteiger partial charge in [-0.3, -0.25) is 0 Å². The van der Waals surface area contributed by atoms with Gasteiger partial charge in [-0.15, -0.1) is 0 Å². The minimum atomic E-state index is -4.07. The Bertz CT molecular complexity index is 407. The highest BCUT2D eigenvalue weighted by Crippen LogP contribution is 2.29. The van der Waals surface area contributed by atoms with Crippen LogP contribution in [0.25, 0.3) is 0 Å². The van der Waals surface area contributed by atoms with Gasteiger partial charge in [-0.25, -0.2) is 0 Å². The van der Waals surface area contributed by atoms with Gasteiger partial charge in [0.15, 0.2) is 0 Å². The maximum absolute atomic E-state index is 12.0. The van der Waals surface area contributed by atoms with E-state index in [0.29, 0.717) is 23.0 Å². The Hall–Kier alpha value is -0.450. The van der Waals surface area contributed by atoms with E-state index in [0.717, 1.165) is 5.56 Å². The van der Waals surface area contributed by atoms with Gasteiger partial charge in [0, 0.05) is 12.5 Å². The van der Waals surface area contributed by atoms with E-state index in [1.807, 2.05) is 13.0 Å². The van der Waals surface area contributed by atoms with Crippen molar-refractivity contribution in [1.82, 2.24) is 5.32 Å². The Balaban J connectivity index is 2.35. The van der Waals surface area contributed by atoms with Crippen molar-refractivity contribution in [3.63, 3.8) is 0 Å². The zero-order valence-corrected chi connectivity index (χ0v) is 12.0. The third kappa shape index (κ3) is 6.02. The van der Waals surface area contributed by atoms with Gasteiger partial charge in [-0.2, -0.15) is 13.2 Å². The first-order chi connectivity index (χ1) is 8.81. The van der Waals surface area contributed by atoms with Gasteiger partial charge < -0.3 is 5.32 Å². The molecule has 1 rings (SSSR count). The number of alkyl halides is 3. The molecule has 0 saturated heterocycles. The minimum Gasteiger partial charge on any atom is -0.310 e. The average molecular weight is 314 g/mol. The zero-order valence-electron chi connectivity index (χ0n) is 10.5. The summed E-state index contributed by atoms with van der Waals surface area (Å²) < 4.78 is 35.9. The molecule has 0 fully saturated rings. The molecule has 1 unspecified atom stereocenters. The molecular formula is C13H16Cl2F3N. The number of halogens is 5. The highest BCUT2D eigenvalue weighted by Gasteiger charge is 2.25. The molecule has 19 heavy (non-hydrogen) atoms. The lowest BCUT2D eigenvalue weighted by atomic mass is 10.1. The van der Waals surface area contributed by atoms with Crippen LogP contribution < -0.4 is 5.32 Å². The van der Waals surface area contributed by atoms with Gasteiger partial charge in [-0.1, -0.05) is 35.3 Å². The van der Waals surface area contributed by atoms with Crippen molar-refractivity contribution in [1.29, 1.82) is 0 Å². The monoisotopic (exact) mass is 313 g/mol. The molecule has 1 aromatic rings. The van der Waals surface area contributed by atoms with Crippen LogP contribution in [0.15, 0.2) is 18.2 Å². The Labute approximate surface area is 121 Å². The second-order valence-electron chi connectivity index (χ2n) is 4.39. The second kappa shape index (κ2) is 7.36. The molecule has 0 saturated carbocycles. The summed E-state index contributed by atoms with van der Waals surface area (Å²) in [6.45, 7) is 2.42. The van der Waals surface area contributed by atoms with Crippen LogP contribution in [0.3, 0.4) is 0 Å². The smallest absolute Gasteiger partial charge is 0.310 e. The van der Waals surface area contributed by atoms with E-state index in [2.05, 4.69) is 5.32 Å². The van der Waals surface area contributed by atoms with Gasteiger partial charge in [0.2, 0.25) is 0 Å². The topological polar surface area (TPSA) is 12.0 Å². The summed E-state index contributed by atoms with van der Waals surface area (Å²) in [6, 6.07) is 5.30. The van der Waals surface area contributed by atoms with Crippen molar-refractivity contribution in [2.75, 3.05) is 6.54 Å². The van der Waals surface area contributed by atoms with Gasteiger partial charge >= 0.3 is 6.18 Å². The van der Waals surface area contributed by atoms with Crippen LogP contribution in [0, 0.1) is 0 Å². The van der Waals surface area contributed by atoms with Crippen LogP contribution in [0.4, 0.5) is 13.2 Å². The summed E-state index contributed by atoms with van der Waals surface area (Å²) in [4.78, 5) is 0. The Morgan fingerprint density at radius 1 is 1.21 bits per heavy atom. The van der Waals surface area contributed by atoms with Crippen molar-refractivity contribution in [2.45, 2.75) is 38.4 Å². The molecule has 0 aromatic heterocycles. The van der Waals surface area contributed by atoms with Gasteiger partial charge in [-0.05, 0) is 37.9 Å². The van der Waals surface area contributed by atoms with Crippen molar-refractivity contribution in [3.05, 3.63) is 33.8 Å². The van der Waals surface area contributed by atoms with Gasteiger partial charge in [0.25, 0.3) is 0 Å². The molecular weight excluding hydrogens is 298 g/mol. The summed E-state index contributed by atoms with van der Waals surface area (Å²) in [5.41, 5.74) is 0.852. The Kier molecular flexibility index (Phi) is 6.43. The predicted octanol–water partition coefficient (Wildman–Crippen LogP) is 5.38. The van der Waals surface area contributed by atoms with Crippen LogP contribution in [0.2, 0.25) is 10.0 Å². The van der Waals surface area contributed by atoms with Crippen molar-refractivity contribution in [3.8, 4) is 0 Å². The number of rotatable bonds is 6. The molecule has 0 aliphatic heterocycles. The molecule has 6 heteroatoms. The molecule has 0 aliphatic carbocycles. The van der Waals surface area contributed by atoms with Crippen LogP contribution in [-0.2, 0) is 0 Å². The number of nitrogens with one attached hydrogen (secondary N) is 1. The zero-order chi connectivity index (χ0) is 14.5. The van der Waals surface area contributed by atoms with Crippen molar-refractivity contribution < 1.29 is 13.2 Å². The summed E-state index contributed by atoms with van der Waals surface area (Å²) in [7, 11) is 0. The van der Waals surface area contributed by atoms with Crippen LogP contribution in [0.5, 0.6) is 0 Å². The van der Waals surface area contributed by atoms with E-state index in [1.165, 1.54) is 0 Å². The lowest BCUT2D eigenvalue weighted by Crippen LogP contribution is -2.20. The summed E-state index contributed by atoms with van der Waals surface area (Å²) in [5.74, 6) is 0. The molecule has 1 atom stereocenters. The third-order valence-corrected chi connectivity index (χ3v) is 3.62. The van der Waals surface area contributed by atoms with E-state index in [1.54, 1.807) is 12.1 Å². The van der Waals surface area contributed by atoms with Crippen LogP contribution >= 0.6 is 23.2 Å². The fourth-order valence-corrected chi connectivity index (χ4v) is 2.21. The molecule has 0 spiro atoms. The Morgan fingerprint density at radius 2 is 1.89 bits per heavy atom. The summed E-state index contributed by atoms with van der Waals surface area (Å²) in [6.07, 6.45) is -4.20. The molecule has 0 amide bonds. The highest BCUT2D eigenvalue weighted by molar-refractivity contribution is 6.42. The largest absolute Gasteiger partial charge is 0.389 e. The van der Waals surface area contributed by atoms with E-state index in [-0.39, 0.29) is 12.5 Å². The fraction of sp³-hybridized carbons (Fsp3) is 0.538. The molecule has 1 nitrogen and oxygen atoms in total. The maximum atomic E-state index is 12.0. The highest BCUT2D eigenvalue weighted by atomic mass is 35.5. The molecule has 108 valence electrons. The SMILES string of the molecule is CC(NCCCCC(F)(F)F)c1cccc(Cl)c1Cl. The maximum Gasteiger partial charge on any atom is 0.389 e. The first kappa shape index (κ1) is 16.6. The van der Waals surface area contributed by atoms with E-state index < -0.39 is 12.6 Å². The predicted molar refractivity (Wildman–Crippen MR) is 72.8 cm³/mol. The quantitative estimate of drug-likeness (QED) is 0.695. The fourth-order valence-electron chi connectivity index (χ4n) is 1.73. The van der Waals surface area contributed by atoms with E-state index in [4.69, 9.17) is 23.2 Å². The standard InChI is InChI=1S/C13H16Cl2F3N/c1-9(10-5-4-6-11(14)12(10)15)19-8-3-2-7-13(16,17)18/h4-6,9,19H,2-3,7-8H2,1H3. The van der Waals surface area contributed by atoms with Crippen LogP contribution in [0.1, 0.15) is 37.8 Å². The number of unbranched alkanes of at least 4 members (excludes halogenated alkanes) is 1. The van der Waals surface area contributed by atoms with Gasteiger partial charge in [0.05, 0.1) is 10.0 Å². The minimum absolute atomic E-state index is 0.0444. The normalized spacial score (nSPS) is 13.6. The Morgan fingerprint density at radius 3 is 2.53 bits per heavy atom. The molecule has 0 aliphatic rings. The number of hydrogen-bond acceptors (Lipinski definition) is 1. The number of benzene rings is 1.